The summed E-state index contributed by atoms with van der Waals surface area (Å²) >= 11 is 0. The summed E-state index contributed by atoms with van der Waals surface area (Å²) in [5.74, 6) is 0.0766. The average molecular weight is 343 g/mol. The summed E-state index contributed by atoms with van der Waals surface area (Å²) in [5, 5.41) is 3.22. The fourth-order valence-electron chi connectivity index (χ4n) is 4.08. The molecule has 25 heavy (non-hydrogen) atoms. The topological polar surface area (TPSA) is 52.7 Å². The molecule has 1 N–H and O–H groups in total. The van der Waals surface area contributed by atoms with Gasteiger partial charge in [0.2, 0.25) is 11.8 Å². The molecular weight excluding hydrogens is 314 g/mol. The Kier molecular flexibility index (Phi) is 6.08. The maximum absolute atomic E-state index is 12.4. The highest BCUT2D eigenvalue weighted by Gasteiger charge is 2.36. The molecule has 2 fully saturated rings. The molecule has 2 atom stereocenters. The van der Waals surface area contributed by atoms with Gasteiger partial charge < -0.3 is 10.2 Å². The highest BCUT2D eigenvalue weighted by Crippen LogP contribution is 2.27. The van der Waals surface area contributed by atoms with E-state index in [1.807, 2.05) is 30.3 Å². The van der Waals surface area contributed by atoms with Crippen LogP contribution in [0.3, 0.4) is 0 Å². The fourth-order valence-corrected chi connectivity index (χ4v) is 4.08. The Morgan fingerprint density at radius 2 is 1.96 bits per heavy atom. The van der Waals surface area contributed by atoms with Gasteiger partial charge in [0.15, 0.2) is 0 Å². The van der Waals surface area contributed by atoms with Crippen molar-refractivity contribution in [3.05, 3.63) is 35.9 Å². The van der Waals surface area contributed by atoms with E-state index in [4.69, 9.17) is 0 Å². The number of fused-ring (bicyclic) bond motifs is 1. The molecule has 0 radical (unpaired) electrons. The zero-order valence-corrected chi connectivity index (χ0v) is 15.1. The predicted molar refractivity (Wildman–Crippen MR) is 97.9 cm³/mol. The third kappa shape index (κ3) is 4.82. The summed E-state index contributed by atoms with van der Waals surface area (Å²) < 4.78 is 0. The van der Waals surface area contributed by atoms with Crippen LogP contribution in [0, 0.1) is 0 Å². The number of nitrogens with one attached hydrogen (secondary N) is 1. The molecule has 136 valence electrons. The van der Waals surface area contributed by atoms with Crippen LogP contribution in [-0.4, -0.2) is 53.3 Å². The Labute approximate surface area is 150 Å². The lowest BCUT2D eigenvalue weighted by Gasteiger charge is -2.32. The van der Waals surface area contributed by atoms with Crippen LogP contribution in [0.15, 0.2) is 30.3 Å². The van der Waals surface area contributed by atoms with Gasteiger partial charge in [0.1, 0.15) is 0 Å². The number of amides is 2. The maximum Gasteiger partial charge on any atom is 0.222 e. The van der Waals surface area contributed by atoms with Gasteiger partial charge in [0.05, 0.1) is 0 Å². The van der Waals surface area contributed by atoms with Gasteiger partial charge >= 0.3 is 0 Å². The first-order valence-corrected chi connectivity index (χ1v) is 9.46. The van der Waals surface area contributed by atoms with E-state index in [1.165, 1.54) is 25.8 Å². The second-order valence-corrected chi connectivity index (χ2v) is 7.24. The third-order valence-electron chi connectivity index (χ3n) is 5.47. The molecule has 0 saturated carbocycles. The van der Waals surface area contributed by atoms with Crippen LogP contribution in [0.1, 0.15) is 44.6 Å². The lowest BCUT2D eigenvalue weighted by molar-refractivity contribution is -0.130. The van der Waals surface area contributed by atoms with Gasteiger partial charge in [0.25, 0.3) is 0 Å². The average Bonchev–Trinajstić information content (AvgIpc) is 3.02. The van der Waals surface area contributed by atoms with Crippen LogP contribution < -0.4 is 5.32 Å². The van der Waals surface area contributed by atoms with Crippen molar-refractivity contribution in [2.24, 2.45) is 0 Å². The molecule has 3 rings (SSSR count). The van der Waals surface area contributed by atoms with Gasteiger partial charge in [-0.15, -0.1) is 0 Å². The summed E-state index contributed by atoms with van der Waals surface area (Å²) in [6.07, 6.45) is 5.16. The number of piperidine rings is 1. The normalized spacial score (nSPS) is 23.1. The SMILES string of the molecule is CC(=O)N(CCC(=O)N[C@@H]1CCN2CCCC[C@@H]12)Cc1ccccc1. The van der Waals surface area contributed by atoms with Gasteiger partial charge in [-0.3, -0.25) is 14.5 Å². The van der Waals surface area contributed by atoms with Crippen LogP contribution in [0.25, 0.3) is 0 Å². The zero-order chi connectivity index (χ0) is 17.6. The second-order valence-electron chi connectivity index (χ2n) is 7.24. The first kappa shape index (κ1) is 17.9. The quantitative estimate of drug-likeness (QED) is 0.861. The van der Waals surface area contributed by atoms with Crippen molar-refractivity contribution in [2.75, 3.05) is 19.6 Å². The molecule has 1 aromatic carbocycles. The molecule has 0 bridgehead atoms. The summed E-state index contributed by atoms with van der Waals surface area (Å²) in [6.45, 7) is 4.87. The zero-order valence-electron chi connectivity index (χ0n) is 15.1. The minimum absolute atomic E-state index is 0.0102. The number of rotatable bonds is 6. The van der Waals surface area contributed by atoms with E-state index >= 15 is 0 Å². The van der Waals surface area contributed by atoms with Crippen molar-refractivity contribution >= 4 is 11.8 Å². The molecule has 0 aromatic heterocycles. The van der Waals surface area contributed by atoms with Crippen LogP contribution in [0.4, 0.5) is 0 Å². The standard InChI is InChI=1S/C20H29N3O2/c1-16(24)23(15-17-7-3-2-4-8-17)14-11-20(25)21-18-10-13-22-12-6-5-9-19(18)22/h2-4,7-8,18-19H,5-6,9-15H2,1H3,(H,21,25)/t18-,19+/m1/s1. The third-order valence-corrected chi connectivity index (χ3v) is 5.47. The monoisotopic (exact) mass is 343 g/mol. The van der Waals surface area contributed by atoms with Crippen LogP contribution >= 0.6 is 0 Å². The lowest BCUT2D eigenvalue weighted by atomic mass is 9.99. The molecule has 2 heterocycles. The Balaban J connectivity index is 1.47. The van der Waals surface area contributed by atoms with E-state index in [9.17, 15) is 9.59 Å². The van der Waals surface area contributed by atoms with Crippen LogP contribution in [-0.2, 0) is 16.1 Å². The van der Waals surface area contributed by atoms with Crippen molar-refractivity contribution in [2.45, 2.75) is 57.7 Å². The van der Waals surface area contributed by atoms with Crippen molar-refractivity contribution in [1.82, 2.24) is 15.1 Å². The molecule has 0 unspecified atom stereocenters. The number of hydrogen-bond acceptors (Lipinski definition) is 3. The van der Waals surface area contributed by atoms with E-state index in [0.717, 1.165) is 18.5 Å². The first-order valence-electron chi connectivity index (χ1n) is 9.46. The molecule has 0 spiro atoms. The molecule has 0 aliphatic carbocycles. The van der Waals surface area contributed by atoms with Gasteiger partial charge in [0, 0.05) is 45.1 Å². The summed E-state index contributed by atoms with van der Waals surface area (Å²) in [6, 6.07) is 10.7. The van der Waals surface area contributed by atoms with Crippen molar-refractivity contribution in [3.8, 4) is 0 Å². The lowest BCUT2D eigenvalue weighted by Crippen LogP contribution is -2.47. The van der Waals surface area contributed by atoms with Crippen molar-refractivity contribution < 1.29 is 9.59 Å². The largest absolute Gasteiger partial charge is 0.352 e. The molecule has 1 aromatic rings. The molecule has 2 aliphatic rings. The summed E-state index contributed by atoms with van der Waals surface area (Å²) in [7, 11) is 0. The van der Waals surface area contributed by atoms with E-state index < -0.39 is 0 Å². The number of benzene rings is 1. The summed E-state index contributed by atoms with van der Waals surface area (Å²) in [5.41, 5.74) is 1.09. The van der Waals surface area contributed by atoms with Gasteiger partial charge in [-0.25, -0.2) is 0 Å². The Hall–Kier alpha value is -1.88. The maximum atomic E-state index is 12.4. The molecule has 5 heteroatoms. The molecule has 2 saturated heterocycles. The van der Waals surface area contributed by atoms with Crippen LogP contribution in [0.2, 0.25) is 0 Å². The highest BCUT2D eigenvalue weighted by atomic mass is 16.2. The van der Waals surface area contributed by atoms with Crippen molar-refractivity contribution in [1.29, 1.82) is 0 Å². The minimum atomic E-state index is 0.0102. The Bertz CT molecular complexity index is 590. The Morgan fingerprint density at radius 1 is 1.16 bits per heavy atom. The highest BCUT2D eigenvalue weighted by molar-refractivity contribution is 5.78. The van der Waals surface area contributed by atoms with E-state index in [1.54, 1.807) is 11.8 Å². The van der Waals surface area contributed by atoms with Crippen LogP contribution in [0.5, 0.6) is 0 Å². The van der Waals surface area contributed by atoms with E-state index in [-0.39, 0.29) is 17.9 Å². The van der Waals surface area contributed by atoms with Gasteiger partial charge in [-0.1, -0.05) is 36.8 Å². The number of carbonyl (C=O) groups is 2. The fraction of sp³-hybridized carbons (Fsp3) is 0.600. The number of hydrogen-bond donors (Lipinski definition) is 1. The molecular formula is C20H29N3O2. The Morgan fingerprint density at radius 3 is 2.72 bits per heavy atom. The van der Waals surface area contributed by atoms with E-state index in [0.29, 0.717) is 25.6 Å². The molecule has 5 nitrogen and oxygen atoms in total. The molecule has 2 amide bonds. The summed E-state index contributed by atoms with van der Waals surface area (Å²) in [4.78, 5) is 28.5. The van der Waals surface area contributed by atoms with Gasteiger partial charge in [-0.05, 0) is 31.4 Å². The smallest absolute Gasteiger partial charge is 0.222 e. The predicted octanol–water partition coefficient (Wildman–Crippen LogP) is 2.17. The number of carbonyl (C=O) groups excluding carboxylic acids is 2. The molecule has 2 aliphatic heterocycles. The first-order chi connectivity index (χ1) is 12.1. The number of nitrogens with zero attached hydrogens (tertiary/aromatic N) is 2. The second kappa shape index (κ2) is 8.48. The van der Waals surface area contributed by atoms with Crippen molar-refractivity contribution in [3.63, 3.8) is 0 Å². The van der Waals surface area contributed by atoms with Gasteiger partial charge in [-0.2, -0.15) is 0 Å². The minimum Gasteiger partial charge on any atom is -0.352 e. The van der Waals surface area contributed by atoms with E-state index in [2.05, 4.69) is 10.2 Å².